The van der Waals surface area contributed by atoms with Crippen LogP contribution in [0, 0.1) is 0 Å². The van der Waals surface area contributed by atoms with Crippen LogP contribution in [-0.2, 0) is 14.3 Å². The molecule has 0 spiro atoms. The number of carbonyl (C=O) groups is 3. The highest BCUT2D eigenvalue weighted by atomic mass is 16.5. The summed E-state index contributed by atoms with van der Waals surface area (Å²) in [4.78, 5) is 37.1. The molecule has 6 heteroatoms. The van der Waals surface area contributed by atoms with E-state index in [0.717, 1.165) is 19.3 Å². The monoisotopic (exact) mass is 334 g/mol. The van der Waals surface area contributed by atoms with Gasteiger partial charge in [-0.3, -0.25) is 9.59 Å². The minimum absolute atomic E-state index is 0.0335. The van der Waals surface area contributed by atoms with E-state index in [4.69, 9.17) is 4.74 Å². The van der Waals surface area contributed by atoms with Crippen LogP contribution in [0.3, 0.4) is 0 Å². The average molecular weight is 334 g/mol. The van der Waals surface area contributed by atoms with Gasteiger partial charge in [0.1, 0.15) is 0 Å². The molecule has 1 aromatic rings. The molecule has 0 radical (unpaired) electrons. The van der Waals surface area contributed by atoms with Gasteiger partial charge >= 0.3 is 5.97 Å². The Bertz CT molecular complexity index is 572. The fourth-order valence-electron chi connectivity index (χ4n) is 2.31. The number of methoxy groups -OCH3 is 1. The maximum atomic E-state index is 12.1. The van der Waals surface area contributed by atoms with Crippen molar-refractivity contribution in [1.82, 2.24) is 4.90 Å². The standard InChI is InChI=1S/C18H26N2O4/c1-4-5-8-12-20(14(2)21)13-11-17(22)19-16-10-7-6-9-15(16)18(23)24-3/h6-7,9-10H,4-5,8,11-13H2,1-3H3,(H,19,22). The van der Waals surface area contributed by atoms with E-state index in [1.165, 1.54) is 14.0 Å². The number of rotatable bonds is 9. The lowest BCUT2D eigenvalue weighted by molar-refractivity contribution is -0.129. The van der Waals surface area contributed by atoms with Gasteiger partial charge in [0.15, 0.2) is 0 Å². The minimum atomic E-state index is -0.504. The van der Waals surface area contributed by atoms with E-state index >= 15 is 0 Å². The van der Waals surface area contributed by atoms with Gasteiger partial charge in [0.25, 0.3) is 0 Å². The second kappa shape index (κ2) is 10.4. The minimum Gasteiger partial charge on any atom is -0.465 e. The summed E-state index contributed by atoms with van der Waals surface area (Å²) < 4.78 is 4.70. The van der Waals surface area contributed by atoms with Crippen molar-refractivity contribution in [2.45, 2.75) is 39.5 Å². The van der Waals surface area contributed by atoms with Crippen molar-refractivity contribution >= 4 is 23.5 Å². The first-order valence-corrected chi connectivity index (χ1v) is 8.22. The third-order valence-electron chi connectivity index (χ3n) is 3.69. The Morgan fingerprint density at radius 1 is 1.12 bits per heavy atom. The summed E-state index contributed by atoms with van der Waals surface area (Å²) in [6.45, 7) is 4.64. The van der Waals surface area contributed by atoms with E-state index in [2.05, 4.69) is 12.2 Å². The van der Waals surface area contributed by atoms with Crippen LogP contribution >= 0.6 is 0 Å². The van der Waals surface area contributed by atoms with Crippen LogP contribution in [0.1, 0.15) is 49.9 Å². The molecule has 1 aromatic carbocycles. The predicted molar refractivity (Wildman–Crippen MR) is 92.8 cm³/mol. The molecule has 0 bridgehead atoms. The number of anilines is 1. The number of nitrogens with one attached hydrogen (secondary N) is 1. The molecule has 0 saturated carbocycles. The van der Waals surface area contributed by atoms with Crippen LogP contribution in [0.2, 0.25) is 0 Å². The molecule has 132 valence electrons. The van der Waals surface area contributed by atoms with Crippen molar-refractivity contribution in [3.05, 3.63) is 29.8 Å². The molecule has 0 aliphatic rings. The number of amides is 2. The molecule has 0 atom stereocenters. The van der Waals surface area contributed by atoms with E-state index < -0.39 is 5.97 Å². The maximum Gasteiger partial charge on any atom is 0.339 e. The van der Waals surface area contributed by atoms with Crippen LogP contribution in [0.15, 0.2) is 24.3 Å². The van der Waals surface area contributed by atoms with Crippen LogP contribution in [-0.4, -0.2) is 42.9 Å². The van der Waals surface area contributed by atoms with E-state index in [1.807, 2.05) is 0 Å². The first-order valence-electron chi connectivity index (χ1n) is 8.22. The van der Waals surface area contributed by atoms with Crippen LogP contribution < -0.4 is 5.32 Å². The largest absolute Gasteiger partial charge is 0.465 e. The third-order valence-corrected chi connectivity index (χ3v) is 3.69. The number of unbranched alkanes of at least 4 members (excludes halogenated alkanes) is 2. The molecule has 0 aromatic heterocycles. The summed E-state index contributed by atoms with van der Waals surface area (Å²) in [5.41, 5.74) is 0.717. The molecule has 0 aliphatic carbocycles. The predicted octanol–water partition coefficient (Wildman–Crippen LogP) is 2.84. The van der Waals surface area contributed by atoms with Crippen molar-refractivity contribution in [3.8, 4) is 0 Å². The number of benzene rings is 1. The Kier molecular flexibility index (Phi) is 8.54. The Labute approximate surface area is 143 Å². The molecule has 0 saturated heterocycles. The summed E-state index contributed by atoms with van der Waals surface area (Å²) in [6.07, 6.45) is 3.25. The van der Waals surface area contributed by atoms with Gasteiger partial charge in [0.05, 0.1) is 18.4 Å². The zero-order valence-electron chi connectivity index (χ0n) is 14.6. The van der Waals surface area contributed by atoms with Crippen LogP contribution in [0.25, 0.3) is 0 Å². The molecule has 0 unspecified atom stereocenters. The Morgan fingerprint density at radius 3 is 2.46 bits per heavy atom. The summed E-state index contributed by atoms with van der Waals surface area (Å²) in [6, 6.07) is 6.67. The van der Waals surface area contributed by atoms with Gasteiger partial charge in [-0.2, -0.15) is 0 Å². The fraction of sp³-hybridized carbons (Fsp3) is 0.500. The van der Waals surface area contributed by atoms with Gasteiger partial charge in [-0.25, -0.2) is 4.79 Å². The molecule has 1 N–H and O–H groups in total. The lowest BCUT2D eigenvalue weighted by Crippen LogP contribution is -2.33. The van der Waals surface area contributed by atoms with Crippen molar-refractivity contribution in [2.24, 2.45) is 0 Å². The Morgan fingerprint density at radius 2 is 1.83 bits per heavy atom. The van der Waals surface area contributed by atoms with Gasteiger partial charge in [0.2, 0.25) is 11.8 Å². The normalized spacial score (nSPS) is 10.1. The summed E-state index contributed by atoms with van der Waals surface area (Å²) in [5.74, 6) is -0.780. The van der Waals surface area contributed by atoms with Gasteiger partial charge in [0, 0.05) is 26.4 Å². The number of para-hydroxylation sites is 1. The van der Waals surface area contributed by atoms with Crippen LogP contribution in [0.5, 0.6) is 0 Å². The molecule has 0 fully saturated rings. The molecule has 0 aliphatic heterocycles. The van der Waals surface area contributed by atoms with Gasteiger partial charge < -0.3 is 15.0 Å². The zero-order valence-corrected chi connectivity index (χ0v) is 14.6. The number of nitrogens with zero attached hydrogens (tertiary/aromatic N) is 1. The van der Waals surface area contributed by atoms with E-state index in [1.54, 1.807) is 29.2 Å². The maximum absolute atomic E-state index is 12.1. The molecule has 1 rings (SSSR count). The molecule has 2 amide bonds. The second-order valence-electron chi connectivity index (χ2n) is 5.55. The molecular weight excluding hydrogens is 308 g/mol. The smallest absolute Gasteiger partial charge is 0.339 e. The molecule has 6 nitrogen and oxygen atoms in total. The number of ether oxygens (including phenoxy) is 1. The number of carbonyl (C=O) groups excluding carboxylic acids is 3. The summed E-state index contributed by atoms with van der Waals surface area (Å²) in [7, 11) is 1.29. The summed E-state index contributed by atoms with van der Waals surface area (Å²) in [5, 5.41) is 2.71. The van der Waals surface area contributed by atoms with Gasteiger partial charge in [-0.1, -0.05) is 31.9 Å². The Balaban J connectivity index is 2.59. The average Bonchev–Trinajstić information content (AvgIpc) is 2.57. The Hall–Kier alpha value is -2.37. The first kappa shape index (κ1) is 19.7. The van der Waals surface area contributed by atoms with Gasteiger partial charge in [-0.15, -0.1) is 0 Å². The van der Waals surface area contributed by atoms with Gasteiger partial charge in [-0.05, 0) is 18.6 Å². The highest BCUT2D eigenvalue weighted by Gasteiger charge is 2.15. The fourth-order valence-corrected chi connectivity index (χ4v) is 2.31. The summed E-state index contributed by atoms with van der Waals surface area (Å²) >= 11 is 0. The van der Waals surface area contributed by atoms with Crippen molar-refractivity contribution in [1.29, 1.82) is 0 Å². The van der Waals surface area contributed by atoms with Crippen molar-refractivity contribution in [3.63, 3.8) is 0 Å². The quantitative estimate of drug-likeness (QED) is 0.556. The lowest BCUT2D eigenvalue weighted by atomic mass is 10.1. The SMILES string of the molecule is CCCCCN(CCC(=O)Nc1ccccc1C(=O)OC)C(C)=O. The zero-order chi connectivity index (χ0) is 17.9. The molecule has 24 heavy (non-hydrogen) atoms. The number of hydrogen-bond donors (Lipinski definition) is 1. The van der Waals surface area contributed by atoms with Crippen molar-refractivity contribution in [2.75, 3.05) is 25.5 Å². The lowest BCUT2D eigenvalue weighted by Gasteiger charge is -2.20. The molecule has 0 heterocycles. The van der Waals surface area contributed by atoms with E-state index in [0.29, 0.717) is 24.3 Å². The second-order valence-corrected chi connectivity index (χ2v) is 5.55. The number of hydrogen-bond acceptors (Lipinski definition) is 4. The van der Waals surface area contributed by atoms with E-state index in [-0.39, 0.29) is 18.2 Å². The van der Waals surface area contributed by atoms with Crippen molar-refractivity contribution < 1.29 is 19.1 Å². The number of esters is 1. The first-order chi connectivity index (χ1) is 11.5. The highest BCUT2D eigenvalue weighted by molar-refractivity contribution is 6.01. The topological polar surface area (TPSA) is 75.7 Å². The molecular formula is C18H26N2O4. The van der Waals surface area contributed by atoms with E-state index in [9.17, 15) is 14.4 Å². The third kappa shape index (κ3) is 6.40. The highest BCUT2D eigenvalue weighted by Crippen LogP contribution is 2.16. The van der Waals surface area contributed by atoms with Crippen LogP contribution in [0.4, 0.5) is 5.69 Å².